The van der Waals surface area contributed by atoms with Gasteiger partial charge >= 0.3 is 0 Å². The van der Waals surface area contributed by atoms with Gasteiger partial charge in [-0.05, 0) is 31.0 Å². The average Bonchev–Trinajstić information content (AvgIpc) is 2.85. The van der Waals surface area contributed by atoms with Gasteiger partial charge in [0.25, 0.3) is 5.91 Å². The molecule has 1 aromatic carbocycles. The SMILES string of the molecule is O=C1CSC2(CCCCC2)N1Nc1ccc2ccccc2n1. The maximum Gasteiger partial charge on any atom is 0.252 e. The number of carbonyl (C=O) groups is 1. The van der Waals surface area contributed by atoms with Crippen LogP contribution in [0.3, 0.4) is 0 Å². The molecule has 0 bridgehead atoms. The standard InChI is InChI=1S/C17H19N3OS/c21-16-12-22-17(10-4-1-5-11-17)20(16)19-15-9-8-13-6-2-3-7-14(13)18-15/h2-3,6-9H,1,4-5,10-12H2,(H,18,19). The molecule has 114 valence electrons. The molecule has 2 fully saturated rings. The fourth-order valence-corrected chi connectivity index (χ4v) is 4.81. The summed E-state index contributed by atoms with van der Waals surface area (Å²) in [6.45, 7) is 0. The molecule has 1 aromatic heterocycles. The molecule has 2 heterocycles. The molecule has 1 N–H and O–H groups in total. The van der Waals surface area contributed by atoms with Crippen LogP contribution in [0.4, 0.5) is 5.82 Å². The first kappa shape index (κ1) is 13.9. The van der Waals surface area contributed by atoms with E-state index in [0.29, 0.717) is 5.75 Å². The second-order valence-corrected chi connectivity index (χ2v) is 7.36. The van der Waals surface area contributed by atoms with E-state index >= 15 is 0 Å². The number of hydrogen-bond acceptors (Lipinski definition) is 4. The molecule has 0 radical (unpaired) electrons. The summed E-state index contributed by atoms with van der Waals surface area (Å²) in [6.07, 6.45) is 5.82. The molecule has 1 aliphatic heterocycles. The van der Waals surface area contributed by atoms with E-state index < -0.39 is 0 Å². The maximum atomic E-state index is 12.3. The van der Waals surface area contributed by atoms with Crippen LogP contribution < -0.4 is 5.43 Å². The molecule has 2 aromatic rings. The normalized spacial score (nSPS) is 20.7. The van der Waals surface area contributed by atoms with Crippen LogP contribution in [-0.2, 0) is 4.79 Å². The number of anilines is 1. The zero-order chi connectivity index (χ0) is 15.0. The van der Waals surface area contributed by atoms with Crippen molar-refractivity contribution in [1.29, 1.82) is 0 Å². The fraction of sp³-hybridized carbons (Fsp3) is 0.412. The Bertz CT molecular complexity index is 712. The summed E-state index contributed by atoms with van der Waals surface area (Å²) < 4.78 is 0. The Kier molecular flexibility index (Phi) is 3.45. The topological polar surface area (TPSA) is 45.2 Å². The Morgan fingerprint density at radius 2 is 1.91 bits per heavy atom. The molecule has 1 saturated heterocycles. The zero-order valence-electron chi connectivity index (χ0n) is 12.4. The van der Waals surface area contributed by atoms with Crippen molar-refractivity contribution in [3.63, 3.8) is 0 Å². The maximum absolute atomic E-state index is 12.3. The van der Waals surface area contributed by atoms with E-state index in [1.807, 2.05) is 41.4 Å². The van der Waals surface area contributed by atoms with Crippen molar-refractivity contribution < 1.29 is 4.79 Å². The summed E-state index contributed by atoms with van der Waals surface area (Å²) in [5, 5.41) is 2.97. The number of benzene rings is 1. The van der Waals surface area contributed by atoms with E-state index in [2.05, 4.69) is 10.4 Å². The highest BCUT2D eigenvalue weighted by Gasteiger charge is 2.47. The monoisotopic (exact) mass is 313 g/mol. The Morgan fingerprint density at radius 1 is 1.09 bits per heavy atom. The fourth-order valence-electron chi connectivity index (χ4n) is 3.43. The van der Waals surface area contributed by atoms with Crippen LogP contribution in [0.2, 0.25) is 0 Å². The average molecular weight is 313 g/mol. The van der Waals surface area contributed by atoms with E-state index in [1.165, 1.54) is 19.3 Å². The third-order valence-corrected chi connectivity index (χ3v) is 6.10. The molecule has 0 atom stereocenters. The van der Waals surface area contributed by atoms with Crippen molar-refractivity contribution in [2.75, 3.05) is 11.2 Å². The number of thioether (sulfide) groups is 1. The van der Waals surface area contributed by atoms with Crippen molar-refractivity contribution >= 4 is 34.4 Å². The first-order chi connectivity index (χ1) is 10.8. The third kappa shape index (κ3) is 2.33. The summed E-state index contributed by atoms with van der Waals surface area (Å²) >= 11 is 1.79. The molecule has 4 nitrogen and oxygen atoms in total. The molecular formula is C17H19N3OS. The van der Waals surface area contributed by atoms with Gasteiger partial charge in [-0.1, -0.05) is 37.5 Å². The van der Waals surface area contributed by atoms with Crippen LogP contribution in [0.5, 0.6) is 0 Å². The van der Waals surface area contributed by atoms with E-state index in [-0.39, 0.29) is 10.8 Å². The van der Waals surface area contributed by atoms with Gasteiger partial charge < -0.3 is 0 Å². The van der Waals surface area contributed by atoms with Gasteiger partial charge in [0.2, 0.25) is 0 Å². The number of hydrazine groups is 1. The minimum absolute atomic E-state index is 0.0668. The van der Waals surface area contributed by atoms with Crippen LogP contribution in [0.1, 0.15) is 32.1 Å². The summed E-state index contributed by atoms with van der Waals surface area (Å²) in [4.78, 5) is 16.9. The van der Waals surface area contributed by atoms with Gasteiger partial charge in [-0.3, -0.25) is 10.2 Å². The summed E-state index contributed by atoms with van der Waals surface area (Å²) in [5.74, 6) is 1.49. The quantitative estimate of drug-likeness (QED) is 0.916. The third-order valence-electron chi connectivity index (χ3n) is 4.58. The van der Waals surface area contributed by atoms with E-state index in [4.69, 9.17) is 0 Å². The van der Waals surface area contributed by atoms with Gasteiger partial charge in [-0.25, -0.2) is 9.99 Å². The molecule has 2 aliphatic rings. The van der Waals surface area contributed by atoms with Crippen molar-refractivity contribution in [3.8, 4) is 0 Å². The molecule has 1 aliphatic carbocycles. The lowest BCUT2D eigenvalue weighted by Crippen LogP contribution is -2.49. The van der Waals surface area contributed by atoms with E-state index in [9.17, 15) is 4.79 Å². The summed E-state index contributed by atoms with van der Waals surface area (Å²) in [6, 6.07) is 12.0. The molecule has 22 heavy (non-hydrogen) atoms. The van der Waals surface area contributed by atoms with Gasteiger partial charge in [0.05, 0.1) is 11.3 Å². The van der Waals surface area contributed by atoms with Gasteiger partial charge in [0.15, 0.2) is 0 Å². The van der Waals surface area contributed by atoms with Crippen molar-refractivity contribution in [2.24, 2.45) is 0 Å². The van der Waals surface area contributed by atoms with Crippen molar-refractivity contribution in [3.05, 3.63) is 36.4 Å². The highest BCUT2D eigenvalue weighted by atomic mass is 32.2. The first-order valence-electron chi connectivity index (χ1n) is 7.86. The number of pyridine rings is 1. The lowest BCUT2D eigenvalue weighted by Gasteiger charge is -2.40. The number of fused-ring (bicyclic) bond motifs is 1. The summed E-state index contributed by atoms with van der Waals surface area (Å²) in [5.41, 5.74) is 4.24. The number of rotatable bonds is 2. The largest absolute Gasteiger partial charge is 0.278 e. The lowest BCUT2D eigenvalue weighted by molar-refractivity contribution is -0.129. The molecule has 4 rings (SSSR count). The highest BCUT2D eigenvalue weighted by Crippen LogP contribution is 2.46. The van der Waals surface area contributed by atoms with Crippen LogP contribution in [0.15, 0.2) is 36.4 Å². The molecule has 1 saturated carbocycles. The Labute approximate surface area is 134 Å². The number of nitrogens with zero attached hydrogens (tertiary/aromatic N) is 2. The molecule has 1 spiro atoms. The van der Waals surface area contributed by atoms with Crippen LogP contribution in [-0.4, -0.2) is 26.5 Å². The molecule has 0 unspecified atom stereocenters. The smallest absolute Gasteiger partial charge is 0.252 e. The Hall–Kier alpha value is -1.75. The first-order valence-corrected chi connectivity index (χ1v) is 8.85. The van der Waals surface area contributed by atoms with Gasteiger partial charge in [0, 0.05) is 5.39 Å². The molecule has 1 amide bonds. The van der Waals surface area contributed by atoms with Gasteiger partial charge in [0.1, 0.15) is 10.7 Å². The second-order valence-electron chi connectivity index (χ2n) is 6.03. The van der Waals surface area contributed by atoms with Gasteiger partial charge in [-0.2, -0.15) is 0 Å². The second kappa shape index (κ2) is 5.47. The van der Waals surface area contributed by atoms with Crippen LogP contribution in [0, 0.1) is 0 Å². The number of nitrogens with one attached hydrogen (secondary N) is 1. The number of para-hydroxylation sites is 1. The van der Waals surface area contributed by atoms with Crippen LogP contribution >= 0.6 is 11.8 Å². The minimum atomic E-state index is -0.0668. The predicted octanol–water partition coefficient (Wildman–Crippen LogP) is 3.80. The minimum Gasteiger partial charge on any atom is -0.278 e. The van der Waals surface area contributed by atoms with E-state index in [1.54, 1.807) is 11.8 Å². The van der Waals surface area contributed by atoms with Gasteiger partial charge in [-0.15, -0.1) is 11.8 Å². The predicted molar refractivity (Wildman–Crippen MR) is 90.5 cm³/mol. The van der Waals surface area contributed by atoms with E-state index in [0.717, 1.165) is 29.6 Å². The Balaban J connectivity index is 1.63. The zero-order valence-corrected chi connectivity index (χ0v) is 13.2. The molecule has 5 heteroatoms. The highest BCUT2D eigenvalue weighted by molar-refractivity contribution is 8.01. The number of carbonyl (C=O) groups excluding carboxylic acids is 1. The van der Waals surface area contributed by atoms with Crippen molar-refractivity contribution in [1.82, 2.24) is 9.99 Å². The molecular weight excluding hydrogens is 294 g/mol. The van der Waals surface area contributed by atoms with Crippen LogP contribution in [0.25, 0.3) is 10.9 Å². The number of amides is 1. The Morgan fingerprint density at radius 3 is 2.77 bits per heavy atom. The number of aromatic nitrogens is 1. The van der Waals surface area contributed by atoms with Crippen molar-refractivity contribution in [2.45, 2.75) is 37.0 Å². The summed E-state index contributed by atoms with van der Waals surface area (Å²) in [7, 11) is 0. The number of hydrogen-bond donors (Lipinski definition) is 1. The lowest BCUT2D eigenvalue weighted by atomic mass is 9.94.